The number of nitrogens with two attached hydrogens (primary N) is 1. The number of nitrogens with zero attached hydrogens (tertiary/aromatic N) is 6. The number of hydrogen-bond donors (Lipinski definition) is 6. The molecule has 3 aromatic heterocycles. The van der Waals surface area contributed by atoms with Crippen LogP contribution in [0.15, 0.2) is 79.6 Å². The van der Waals surface area contributed by atoms with Crippen molar-refractivity contribution in [3.8, 4) is 5.75 Å². The van der Waals surface area contributed by atoms with Crippen LogP contribution in [0.2, 0.25) is 0 Å². The first-order chi connectivity index (χ1) is 30.7. The van der Waals surface area contributed by atoms with E-state index in [2.05, 4.69) is 35.9 Å². The minimum Gasteiger partial charge on any atom is -0.483 e. The number of nitrogen functional groups attached to an aromatic ring is 1. The third-order valence-corrected chi connectivity index (χ3v) is 11.9. The molecule has 7 rings (SSSR count). The monoisotopic (exact) mass is 920 g/mol. The highest BCUT2D eigenvalue weighted by molar-refractivity contribution is 7.99. The van der Waals surface area contributed by atoms with Crippen molar-refractivity contribution in [3.63, 3.8) is 0 Å². The van der Waals surface area contributed by atoms with Gasteiger partial charge in [-0.05, 0) is 51.1 Å². The maximum atomic E-state index is 13.9. The van der Waals surface area contributed by atoms with Crippen LogP contribution < -0.4 is 26.4 Å². The van der Waals surface area contributed by atoms with Crippen molar-refractivity contribution in [1.29, 1.82) is 0 Å². The molecule has 21 heteroatoms. The summed E-state index contributed by atoms with van der Waals surface area (Å²) >= 11 is 2.78. The summed E-state index contributed by atoms with van der Waals surface area (Å²) < 4.78 is 26.5. The van der Waals surface area contributed by atoms with Gasteiger partial charge in [-0.1, -0.05) is 42.5 Å². The zero-order chi connectivity index (χ0) is 46.0. The second kappa shape index (κ2) is 21.8. The lowest BCUT2D eigenvalue weighted by molar-refractivity contribution is -0.147. The standard InChI is InChI=1S/C33H41N5O6S2.C10H12FN5O2/c1-33(2,3)37-31(42)26-19-46-20-38(26)32(43)29(40)24(15-21-9-6-5-7-10-21)36-30(41)25(18-45-4)35-28(39)17-44-27-12-8-11-22-16-34-14-13-23(22)27;11-6-1-5(2-17)18-10(6)16-4-15-7-8(12)13-3-14-9(7)16/h5-14,16,24-26,29,40H,15,17-20H2,1-4H3,(H,35,39)(H,36,41)(H,37,42);3-6,10,17H,1-2H2,(H2,12,13,14)/t24?,25-,26-,29-;5-,6-,10+/m00/s1. The van der Waals surface area contributed by atoms with Crippen molar-refractivity contribution in [2.75, 3.05) is 42.6 Å². The topological polar surface area (TPSA) is 249 Å². The highest BCUT2D eigenvalue weighted by Crippen LogP contribution is 2.33. The van der Waals surface area contributed by atoms with Gasteiger partial charge in [-0.15, -0.1) is 11.8 Å². The number of anilines is 1. The van der Waals surface area contributed by atoms with E-state index in [9.17, 15) is 28.7 Å². The largest absolute Gasteiger partial charge is 0.483 e. The van der Waals surface area contributed by atoms with E-state index in [0.717, 1.165) is 16.3 Å². The van der Waals surface area contributed by atoms with Crippen molar-refractivity contribution < 1.29 is 43.3 Å². The van der Waals surface area contributed by atoms with E-state index in [4.69, 9.17) is 20.3 Å². The minimum absolute atomic E-state index is 0.151. The van der Waals surface area contributed by atoms with Crippen molar-refractivity contribution >= 4 is 74.9 Å². The molecule has 0 aliphatic carbocycles. The lowest BCUT2D eigenvalue weighted by atomic mass is 9.99. The summed E-state index contributed by atoms with van der Waals surface area (Å²) in [5, 5.41) is 30.5. The van der Waals surface area contributed by atoms with E-state index in [1.54, 1.807) is 36.8 Å². The van der Waals surface area contributed by atoms with E-state index in [1.807, 2.05) is 57.2 Å². The lowest BCUT2D eigenvalue weighted by Gasteiger charge is -2.32. The Hall–Kier alpha value is -5.61. The lowest BCUT2D eigenvalue weighted by Crippen LogP contribution is -2.59. The van der Waals surface area contributed by atoms with Gasteiger partial charge in [-0.2, -0.15) is 11.8 Å². The van der Waals surface area contributed by atoms with Gasteiger partial charge in [0.25, 0.3) is 11.8 Å². The van der Waals surface area contributed by atoms with Crippen LogP contribution in [-0.2, 0) is 30.3 Å². The maximum Gasteiger partial charge on any atom is 0.258 e. The number of benzene rings is 2. The fourth-order valence-electron chi connectivity index (χ4n) is 7.13. The second-order valence-corrected chi connectivity index (χ2v) is 18.1. The van der Waals surface area contributed by atoms with Crippen LogP contribution in [0.5, 0.6) is 5.75 Å². The van der Waals surface area contributed by atoms with Crippen molar-refractivity contribution in [3.05, 3.63) is 85.2 Å². The van der Waals surface area contributed by atoms with Crippen LogP contribution in [-0.4, -0.2) is 142 Å². The highest BCUT2D eigenvalue weighted by Gasteiger charge is 2.41. The number of amides is 4. The number of aromatic nitrogens is 5. The molecular weight excluding hydrogens is 868 g/mol. The quantitative estimate of drug-likeness (QED) is 0.0883. The number of carbonyl (C=O) groups excluding carboxylic acids is 4. The van der Waals surface area contributed by atoms with Crippen LogP contribution >= 0.6 is 23.5 Å². The number of carbonyl (C=O) groups is 4. The molecule has 2 aliphatic rings. The molecule has 2 saturated heterocycles. The number of thioether (sulfide) groups is 2. The third-order valence-electron chi connectivity index (χ3n) is 10.2. The Morgan fingerprint density at radius 1 is 1.08 bits per heavy atom. The zero-order valence-electron chi connectivity index (χ0n) is 35.8. The SMILES string of the molecule is CSC[C@H](NC(=O)COc1cccc2cnccc12)C(=O)NC(Cc1ccccc1)[C@H](O)C(=O)N1CSC[C@H]1C(=O)NC(C)(C)C.Nc1ncnc2c1ncn2[C@@H]1O[C@H](CO)C[C@@H]1F. The molecule has 5 heterocycles. The molecule has 342 valence electrons. The predicted octanol–water partition coefficient (Wildman–Crippen LogP) is 2.39. The number of halogens is 1. The molecular formula is C43H53FN10O8S2. The molecule has 4 amide bonds. The van der Waals surface area contributed by atoms with Gasteiger partial charge in [-0.25, -0.2) is 19.3 Å². The summed E-state index contributed by atoms with van der Waals surface area (Å²) in [6, 6.07) is 13.7. The number of rotatable bonds is 15. The molecule has 2 aliphatic heterocycles. The van der Waals surface area contributed by atoms with Crippen molar-refractivity contribution in [2.24, 2.45) is 0 Å². The highest BCUT2D eigenvalue weighted by atomic mass is 32.2. The van der Waals surface area contributed by atoms with Crippen LogP contribution in [0.3, 0.4) is 0 Å². The molecule has 1 unspecified atom stereocenters. The zero-order valence-corrected chi connectivity index (χ0v) is 37.4. The van der Waals surface area contributed by atoms with Crippen LogP contribution in [0.4, 0.5) is 10.2 Å². The number of hydrogen-bond acceptors (Lipinski definition) is 15. The number of imidazole rings is 1. The molecule has 0 radical (unpaired) electrons. The molecule has 18 nitrogen and oxygen atoms in total. The van der Waals surface area contributed by atoms with E-state index >= 15 is 0 Å². The fourth-order valence-corrected chi connectivity index (χ4v) is 8.86. The number of aliphatic hydroxyl groups is 2. The Morgan fingerprint density at radius 3 is 2.58 bits per heavy atom. The number of pyridine rings is 1. The Balaban J connectivity index is 0.000000311. The van der Waals surface area contributed by atoms with Crippen molar-refractivity contribution in [2.45, 2.75) is 81.9 Å². The van der Waals surface area contributed by atoms with Gasteiger partial charge in [-0.3, -0.25) is 28.7 Å². The van der Waals surface area contributed by atoms with Gasteiger partial charge in [0.1, 0.15) is 35.8 Å². The Labute approximate surface area is 377 Å². The molecule has 0 saturated carbocycles. The molecule has 64 heavy (non-hydrogen) atoms. The van der Waals surface area contributed by atoms with Gasteiger partial charge >= 0.3 is 0 Å². The first-order valence-corrected chi connectivity index (χ1v) is 23.0. The predicted molar refractivity (Wildman–Crippen MR) is 242 cm³/mol. The summed E-state index contributed by atoms with van der Waals surface area (Å²) in [6.07, 6.45) is 3.99. The van der Waals surface area contributed by atoms with E-state index in [0.29, 0.717) is 22.7 Å². The first kappa shape index (κ1) is 47.9. The van der Waals surface area contributed by atoms with E-state index < -0.39 is 66.0 Å². The Kier molecular flexibility index (Phi) is 16.3. The number of aliphatic hydroxyl groups excluding tert-OH is 2. The molecule has 2 fully saturated rings. The van der Waals surface area contributed by atoms with Crippen LogP contribution in [0, 0.1) is 0 Å². The molecule has 7 atom stereocenters. The smallest absolute Gasteiger partial charge is 0.258 e. The Morgan fingerprint density at radius 2 is 1.86 bits per heavy atom. The van der Waals surface area contributed by atoms with Gasteiger partial charge in [0.15, 0.2) is 30.4 Å². The molecule has 0 spiro atoms. The van der Waals surface area contributed by atoms with Crippen LogP contribution in [0.1, 0.15) is 39.0 Å². The average Bonchev–Trinajstić information content (AvgIpc) is 4.04. The van der Waals surface area contributed by atoms with E-state index in [1.165, 1.54) is 45.6 Å². The molecule has 7 N–H and O–H groups in total. The number of ether oxygens (including phenoxy) is 2. The summed E-state index contributed by atoms with van der Waals surface area (Å²) in [4.78, 5) is 70.6. The normalized spacial score (nSPS) is 19.9. The number of alkyl halides is 1. The van der Waals surface area contributed by atoms with Gasteiger partial charge in [0, 0.05) is 46.6 Å². The molecule has 0 bridgehead atoms. The molecule has 2 aromatic carbocycles. The fraction of sp³-hybridized carbons (Fsp3) is 0.442. The van der Waals surface area contributed by atoms with Crippen molar-refractivity contribution in [1.82, 2.24) is 45.4 Å². The second-order valence-electron chi connectivity index (χ2n) is 16.2. The molecule has 5 aromatic rings. The maximum absolute atomic E-state index is 13.9. The van der Waals surface area contributed by atoms with E-state index in [-0.39, 0.29) is 49.4 Å². The summed E-state index contributed by atoms with van der Waals surface area (Å²) in [5.74, 6) is -0.361. The summed E-state index contributed by atoms with van der Waals surface area (Å²) in [5.41, 5.74) is 6.80. The Bertz CT molecular complexity index is 2390. The average molecular weight is 921 g/mol. The van der Waals surface area contributed by atoms with Gasteiger partial charge < -0.3 is 46.3 Å². The number of fused-ring (bicyclic) bond motifs is 2. The number of nitrogens with one attached hydrogen (secondary N) is 3. The first-order valence-electron chi connectivity index (χ1n) is 20.5. The summed E-state index contributed by atoms with van der Waals surface area (Å²) in [7, 11) is 0. The summed E-state index contributed by atoms with van der Waals surface area (Å²) in [6.45, 7) is 5.05. The van der Waals surface area contributed by atoms with Gasteiger partial charge in [0.05, 0.1) is 31.0 Å². The minimum atomic E-state index is -1.64. The van der Waals surface area contributed by atoms with Gasteiger partial charge in [0.2, 0.25) is 11.8 Å². The third kappa shape index (κ3) is 12.1. The van der Waals surface area contributed by atoms with Crippen LogP contribution in [0.25, 0.3) is 21.9 Å².